The Morgan fingerprint density at radius 1 is 1.10 bits per heavy atom. The number of aliphatic hydroxyl groups excluding tert-OH is 3. The van der Waals surface area contributed by atoms with Gasteiger partial charge in [0.15, 0.2) is 0 Å². The van der Waals surface area contributed by atoms with Crippen LogP contribution in [0.4, 0.5) is 0 Å². The van der Waals surface area contributed by atoms with Crippen molar-refractivity contribution in [2.45, 2.75) is 31.0 Å². The summed E-state index contributed by atoms with van der Waals surface area (Å²) in [4.78, 5) is 0. The van der Waals surface area contributed by atoms with Gasteiger partial charge in [-0.05, 0) is 22.9 Å². The first-order valence-corrected chi connectivity index (χ1v) is 6.95. The van der Waals surface area contributed by atoms with Crippen molar-refractivity contribution in [3.8, 4) is 5.75 Å². The van der Waals surface area contributed by atoms with Gasteiger partial charge in [-0.25, -0.2) is 0 Å². The molecule has 0 amide bonds. The Bertz CT molecular complexity index is 614. The van der Waals surface area contributed by atoms with Gasteiger partial charge in [0.25, 0.3) is 0 Å². The molecule has 0 radical (unpaired) electrons. The van der Waals surface area contributed by atoms with Crippen LogP contribution in [-0.2, 0) is 4.74 Å². The van der Waals surface area contributed by atoms with Crippen LogP contribution in [0.3, 0.4) is 0 Å². The molecule has 1 heterocycles. The van der Waals surface area contributed by atoms with E-state index in [0.29, 0.717) is 5.75 Å². The largest absolute Gasteiger partial charge is 0.462 e. The summed E-state index contributed by atoms with van der Waals surface area (Å²) in [7, 11) is 0. The lowest BCUT2D eigenvalue weighted by Crippen LogP contribution is -2.51. The fourth-order valence-corrected chi connectivity index (χ4v) is 2.51. The van der Waals surface area contributed by atoms with Crippen molar-refractivity contribution < 1.29 is 24.8 Å². The maximum absolute atomic E-state index is 9.94. The van der Waals surface area contributed by atoms with Crippen molar-refractivity contribution >= 4 is 10.8 Å². The highest BCUT2D eigenvalue weighted by Gasteiger charge is 2.38. The molecule has 0 aliphatic carbocycles. The first kappa shape index (κ1) is 14.3. The molecule has 0 unspecified atom stereocenters. The number of hydrogen-bond acceptors (Lipinski definition) is 5. The van der Waals surface area contributed by atoms with Gasteiger partial charge in [-0.3, -0.25) is 0 Å². The fourth-order valence-electron chi connectivity index (χ4n) is 2.51. The third-order valence-electron chi connectivity index (χ3n) is 3.68. The summed E-state index contributed by atoms with van der Waals surface area (Å²) in [5.41, 5.74) is 0. The monoisotopic (exact) mass is 290 g/mol. The predicted molar refractivity (Wildman–Crippen MR) is 77.0 cm³/mol. The third-order valence-corrected chi connectivity index (χ3v) is 3.68. The summed E-state index contributed by atoms with van der Waals surface area (Å²) < 4.78 is 11.1. The van der Waals surface area contributed by atoms with Crippen LogP contribution in [0, 0.1) is 0 Å². The van der Waals surface area contributed by atoms with Gasteiger partial charge in [-0.2, -0.15) is 0 Å². The molecule has 0 saturated carbocycles. The number of hydrogen-bond donors (Lipinski definition) is 3. The summed E-state index contributed by atoms with van der Waals surface area (Å²) in [5, 5.41) is 31.0. The van der Waals surface area contributed by atoms with Gasteiger partial charge in [0.2, 0.25) is 6.29 Å². The molecule has 5 heteroatoms. The predicted octanol–water partition coefficient (Wildman–Crippen LogP) is 1.05. The zero-order valence-electron chi connectivity index (χ0n) is 11.4. The minimum absolute atomic E-state index is 0.190. The number of aliphatic hydroxyl groups is 3. The van der Waals surface area contributed by atoms with Gasteiger partial charge < -0.3 is 24.8 Å². The third kappa shape index (κ3) is 3.01. The van der Waals surface area contributed by atoms with Crippen molar-refractivity contribution in [3.63, 3.8) is 0 Å². The van der Waals surface area contributed by atoms with Gasteiger partial charge in [-0.1, -0.05) is 30.3 Å². The first-order valence-electron chi connectivity index (χ1n) is 6.95. The fraction of sp³-hybridized carbons (Fsp3) is 0.375. The van der Waals surface area contributed by atoms with E-state index < -0.39 is 24.6 Å². The van der Waals surface area contributed by atoms with Crippen LogP contribution in [0.1, 0.15) is 6.42 Å². The SMILES string of the molecule is OC[C@H]1C[C@H](O)[C@@H](O)[C@@H](Oc2ccc3ccccc3c2)O1. The summed E-state index contributed by atoms with van der Waals surface area (Å²) >= 11 is 0. The molecule has 21 heavy (non-hydrogen) atoms. The molecule has 1 aliphatic heterocycles. The minimum atomic E-state index is -1.14. The van der Waals surface area contributed by atoms with E-state index in [1.54, 1.807) is 6.07 Å². The Hall–Kier alpha value is -1.66. The number of fused-ring (bicyclic) bond motifs is 1. The highest BCUT2D eigenvalue weighted by Crippen LogP contribution is 2.26. The van der Waals surface area contributed by atoms with Crippen LogP contribution in [0.2, 0.25) is 0 Å². The van der Waals surface area contributed by atoms with E-state index in [9.17, 15) is 10.2 Å². The maximum atomic E-state index is 9.94. The van der Waals surface area contributed by atoms with E-state index >= 15 is 0 Å². The number of rotatable bonds is 3. The van der Waals surface area contributed by atoms with E-state index in [1.807, 2.05) is 36.4 Å². The van der Waals surface area contributed by atoms with E-state index in [-0.39, 0.29) is 13.0 Å². The highest BCUT2D eigenvalue weighted by atomic mass is 16.7. The van der Waals surface area contributed by atoms with E-state index in [4.69, 9.17) is 14.6 Å². The molecule has 3 N–H and O–H groups in total. The molecule has 5 nitrogen and oxygen atoms in total. The summed E-state index contributed by atoms with van der Waals surface area (Å²) in [5.74, 6) is 0.545. The van der Waals surface area contributed by atoms with Gasteiger partial charge in [0.05, 0.1) is 18.8 Å². The zero-order valence-corrected chi connectivity index (χ0v) is 11.4. The Morgan fingerprint density at radius 2 is 1.86 bits per heavy atom. The molecular weight excluding hydrogens is 272 g/mol. The van der Waals surface area contributed by atoms with Crippen molar-refractivity contribution in [1.82, 2.24) is 0 Å². The summed E-state index contributed by atoms with van der Waals surface area (Å²) in [6.07, 6.45) is -3.45. The normalized spacial score (nSPS) is 29.5. The molecule has 2 aromatic rings. The molecule has 1 aliphatic rings. The topological polar surface area (TPSA) is 79.2 Å². The molecule has 1 saturated heterocycles. The van der Waals surface area contributed by atoms with Gasteiger partial charge in [0.1, 0.15) is 11.9 Å². The first-order chi connectivity index (χ1) is 10.2. The molecule has 0 spiro atoms. The van der Waals surface area contributed by atoms with Gasteiger partial charge >= 0.3 is 0 Å². The van der Waals surface area contributed by atoms with Crippen molar-refractivity contribution in [2.24, 2.45) is 0 Å². The van der Waals surface area contributed by atoms with Crippen molar-refractivity contribution in [2.75, 3.05) is 6.61 Å². The Kier molecular flexibility index (Phi) is 4.07. The average molecular weight is 290 g/mol. The Labute approximate surface area is 122 Å². The van der Waals surface area contributed by atoms with Crippen molar-refractivity contribution in [3.05, 3.63) is 42.5 Å². The standard InChI is InChI=1S/C16H18O5/c17-9-13-8-14(18)15(19)16(21-13)20-12-6-5-10-3-1-2-4-11(10)7-12/h1-7,13-19H,8-9H2/t13-,14+,15-,16+/m1/s1. The van der Waals surface area contributed by atoms with Crippen molar-refractivity contribution in [1.29, 1.82) is 0 Å². The molecule has 3 rings (SSSR count). The van der Waals surface area contributed by atoms with Crippen LogP contribution in [0.5, 0.6) is 5.75 Å². The number of ether oxygens (including phenoxy) is 2. The molecular formula is C16H18O5. The van der Waals surface area contributed by atoms with Gasteiger partial charge in [-0.15, -0.1) is 0 Å². The van der Waals surface area contributed by atoms with Crippen LogP contribution < -0.4 is 4.74 Å². The molecule has 4 atom stereocenters. The molecule has 0 aromatic heterocycles. The lowest BCUT2D eigenvalue weighted by atomic mass is 10.0. The highest BCUT2D eigenvalue weighted by molar-refractivity contribution is 5.83. The molecule has 0 bridgehead atoms. The zero-order chi connectivity index (χ0) is 14.8. The molecule has 1 fully saturated rings. The van der Waals surface area contributed by atoms with Crippen LogP contribution >= 0.6 is 0 Å². The number of benzene rings is 2. The van der Waals surface area contributed by atoms with E-state index in [0.717, 1.165) is 10.8 Å². The lowest BCUT2D eigenvalue weighted by Gasteiger charge is -2.36. The smallest absolute Gasteiger partial charge is 0.229 e. The maximum Gasteiger partial charge on any atom is 0.229 e. The second-order valence-corrected chi connectivity index (χ2v) is 5.23. The summed E-state index contributed by atoms with van der Waals surface area (Å²) in [6, 6.07) is 13.4. The average Bonchev–Trinajstić information content (AvgIpc) is 2.51. The molecule has 2 aromatic carbocycles. The lowest BCUT2D eigenvalue weighted by molar-refractivity contribution is -0.240. The minimum Gasteiger partial charge on any atom is -0.462 e. The quantitative estimate of drug-likeness (QED) is 0.787. The molecule has 112 valence electrons. The van der Waals surface area contributed by atoms with Crippen LogP contribution in [0.25, 0.3) is 10.8 Å². The second-order valence-electron chi connectivity index (χ2n) is 5.23. The van der Waals surface area contributed by atoms with Crippen LogP contribution in [0.15, 0.2) is 42.5 Å². The Balaban J connectivity index is 1.79. The van der Waals surface area contributed by atoms with E-state index in [1.165, 1.54) is 0 Å². The van der Waals surface area contributed by atoms with Crippen LogP contribution in [-0.4, -0.2) is 46.5 Å². The van der Waals surface area contributed by atoms with E-state index in [2.05, 4.69) is 0 Å². The summed E-state index contributed by atoms with van der Waals surface area (Å²) in [6.45, 7) is -0.221. The van der Waals surface area contributed by atoms with Gasteiger partial charge in [0, 0.05) is 6.42 Å². The second kappa shape index (κ2) is 5.99. The Morgan fingerprint density at radius 3 is 2.62 bits per heavy atom.